The number of benzene rings is 1. The molecule has 2 atom stereocenters. The Hall–Kier alpha value is -1.84. The Kier molecular flexibility index (Phi) is 3.65. The Bertz CT molecular complexity index is 453. The molecule has 1 unspecified atom stereocenters. The first-order chi connectivity index (χ1) is 8.61. The molecule has 4 nitrogen and oxygen atoms in total. The van der Waals surface area contributed by atoms with Crippen LogP contribution in [0.25, 0.3) is 0 Å². The van der Waals surface area contributed by atoms with E-state index in [0.717, 1.165) is 12.0 Å². The zero-order chi connectivity index (χ0) is 13.1. The van der Waals surface area contributed by atoms with Crippen molar-refractivity contribution >= 4 is 11.9 Å². The molecule has 2 rings (SSSR count). The first-order valence-electron chi connectivity index (χ1n) is 6.20. The summed E-state index contributed by atoms with van der Waals surface area (Å²) in [5.41, 5.74) is 2.15. The Morgan fingerprint density at radius 1 is 1.39 bits per heavy atom. The summed E-state index contributed by atoms with van der Waals surface area (Å²) < 4.78 is 0. The van der Waals surface area contributed by atoms with Gasteiger partial charge in [-0.15, -0.1) is 0 Å². The highest BCUT2D eigenvalue weighted by Crippen LogP contribution is 2.31. The molecule has 96 valence electrons. The standard InChI is InChI=1S/C14H17NO3/c1-2-9-3-5-10(6-4-9)11-7-13(16)15-8-12(11)14(17)18/h3-6,11-12H,2,7-8H2,1H3,(H,15,16)(H,17,18)/t11?,12-/m1/s1. The van der Waals surface area contributed by atoms with Crippen molar-refractivity contribution in [2.75, 3.05) is 6.54 Å². The summed E-state index contributed by atoms with van der Waals surface area (Å²) in [5, 5.41) is 11.8. The zero-order valence-electron chi connectivity index (χ0n) is 10.3. The lowest BCUT2D eigenvalue weighted by molar-refractivity contribution is -0.144. The summed E-state index contributed by atoms with van der Waals surface area (Å²) >= 11 is 0. The van der Waals surface area contributed by atoms with Gasteiger partial charge in [-0.05, 0) is 17.5 Å². The van der Waals surface area contributed by atoms with Crippen LogP contribution >= 0.6 is 0 Å². The number of hydrogen-bond donors (Lipinski definition) is 2. The monoisotopic (exact) mass is 247 g/mol. The molecule has 1 aliphatic rings. The molecule has 2 N–H and O–H groups in total. The molecule has 0 bridgehead atoms. The third-order valence-electron chi connectivity index (χ3n) is 3.54. The highest BCUT2D eigenvalue weighted by atomic mass is 16.4. The molecule has 0 saturated carbocycles. The number of aliphatic carboxylic acids is 1. The average molecular weight is 247 g/mol. The number of nitrogens with one attached hydrogen (secondary N) is 1. The highest BCUT2D eigenvalue weighted by Gasteiger charge is 2.35. The van der Waals surface area contributed by atoms with Crippen LogP contribution in [-0.2, 0) is 16.0 Å². The SMILES string of the molecule is CCc1ccc(C2CC(=O)NC[C@H]2C(=O)O)cc1. The number of rotatable bonds is 3. The van der Waals surface area contributed by atoms with E-state index in [1.807, 2.05) is 24.3 Å². The number of carboxylic acid groups (broad SMARTS) is 1. The van der Waals surface area contributed by atoms with Crippen molar-refractivity contribution in [2.24, 2.45) is 5.92 Å². The normalized spacial score (nSPS) is 23.5. The van der Waals surface area contributed by atoms with E-state index in [4.69, 9.17) is 0 Å². The lowest BCUT2D eigenvalue weighted by Crippen LogP contribution is -2.43. The summed E-state index contributed by atoms with van der Waals surface area (Å²) in [6, 6.07) is 7.89. The molecule has 4 heteroatoms. The van der Waals surface area contributed by atoms with Gasteiger partial charge in [-0.25, -0.2) is 0 Å². The minimum absolute atomic E-state index is 0.0722. The quantitative estimate of drug-likeness (QED) is 0.851. The molecule has 1 fully saturated rings. The maximum absolute atomic E-state index is 11.4. The maximum atomic E-state index is 11.4. The van der Waals surface area contributed by atoms with E-state index < -0.39 is 11.9 Å². The summed E-state index contributed by atoms with van der Waals surface area (Å²) in [4.78, 5) is 22.7. The van der Waals surface area contributed by atoms with Gasteiger partial charge in [0.2, 0.25) is 5.91 Å². The van der Waals surface area contributed by atoms with Crippen LogP contribution in [0.5, 0.6) is 0 Å². The second-order valence-corrected chi connectivity index (χ2v) is 4.65. The molecule has 1 amide bonds. The smallest absolute Gasteiger partial charge is 0.308 e. The van der Waals surface area contributed by atoms with Crippen LogP contribution in [0.15, 0.2) is 24.3 Å². The summed E-state index contributed by atoms with van der Waals surface area (Å²) in [6.45, 7) is 2.29. The first-order valence-corrected chi connectivity index (χ1v) is 6.20. The van der Waals surface area contributed by atoms with Crippen molar-refractivity contribution in [3.8, 4) is 0 Å². The minimum Gasteiger partial charge on any atom is -0.481 e. The Morgan fingerprint density at radius 2 is 2.06 bits per heavy atom. The zero-order valence-corrected chi connectivity index (χ0v) is 10.3. The summed E-state index contributed by atoms with van der Waals surface area (Å²) in [6.07, 6.45) is 1.20. The van der Waals surface area contributed by atoms with Gasteiger partial charge in [0.05, 0.1) is 5.92 Å². The van der Waals surface area contributed by atoms with Crippen LogP contribution in [0, 0.1) is 5.92 Å². The fraction of sp³-hybridized carbons (Fsp3) is 0.429. The van der Waals surface area contributed by atoms with Crippen LogP contribution in [0.3, 0.4) is 0 Å². The van der Waals surface area contributed by atoms with Gasteiger partial charge >= 0.3 is 5.97 Å². The average Bonchev–Trinajstić information content (AvgIpc) is 2.38. The van der Waals surface area contributed by atoms with Crippen LogP contribution < -0.4 is 5.32 Å². The van der Waals surface area contributed by atoms with Gasteiger partial charge in [0, 0.05) is 18.9 Å². The second-order valence-electron chi connectivity index (χ2n) is 4.65. The Labute approximate surface area is 106 Å². The molecule has 18 heavy (non-hydrogen) atoms. The second kappa shape index (κ2) is 5.21. The number of carbonyl (C=O) groups excluding carboxylic acids is 1. The van der Waals surface area contributed by atoms with Gasteiger partial charge in [-0.2, -0.15) is 0 Å². The van der Waals surface area contributed by atoms with E-state index in [2.05, 4.69) is 12.2 Å². The predicted octanol–water partition coefficient (Wildman–Crippen LogP) is 1.55. The van der Waals surface area contributed by atoms with Gasteiger partial charge in [-0.1, -0.05) is 31.2 Å². The largest absolute Gasteiger partial charge is 0.481 e. The third-order valence-corrected chi connectivity index (χ3v) is 3.54. The van der Waals surface area contributed by atoms with Gasteiger partial charge < -0.3 is 10.4 Å². The van der Waals surface area contributed by atoms with E-state index in [-0.39, 0.29) is 24.8 Å². The minimum atomic E-state index is -0.848. The van der Waals surface area contributed by atoms with E-state index in [0.29, 0.717) is 0 Å². The van der Waals surface area contributed by atoms with Crippen molar-refractivity contribution in [2.45, 2.75) is 25.7 Å². The van der Waals surface area contributed by atoms with E-state index in [1.165, 1.54) is 5.56 Å². The number of carbonyl (C=O) groups is 2. The van der Waals surface area contributed by atoms with Gasteiger partial charge in [0.15, 0.2) is 0 Å². The first kappa shape index (κ1) is 12.6. The molecule has 1 aromatic rings. The number of carboxylic acids is 1. The molecule has 0 spiro atoms. The molecule has 1 aliphatic heterocycles. The molecule has 0 aromatic heterocycles. The van der Waals surface area contributed by atoms with Crippen LogP contribution in [0.4, 0.5) is 0 Å². The van der Waals surface area contributed by atoms with Gasteiger partial charge in [-0.3, -0.25) is 9.59 Å². The number of hydrogen-bond acceptors (Lipinski definition) is 2. The van der Waals surface area contributed by atoms with Crippen LogP contribution in [0.1, 0.15) is 30.4 Å². The fourth-order valence-electron chi connectivity index (χ4n) is 2.39. The van der Waals surface area contributed by atoms with Crippen molar-refractivity contribution in [3.63, 3.8) is 0 Å². The van der Waals surface area contributed by atoms with Crippen molar-refractivity contribution in [1.82, 2.24) is 5.32 Å². The van der Waals surface area contributed by atoms with Crippen molar-refractivity contribution < 1.29 is 14.7 Å². The molecular weight excluding hydrogens is 230 g/mol. The van der Waals surface area contributed by atoms with Crippen LogP contribution in [0.2, 0.25) is 0 Å². The molecule has 0 aliphatic carbocycles. The van der Waals surface area contributed by atoms with Crippen molar-refractivity contribution in [1.29, 1.82) is 0 Å². The molecule has 1 aromatic carbocycles. The molecule has 0 radical (unpaired) electrons. The van der Waals surface area contributed by atoms with E-state index in [9.17, 15) is 14.7 Å². The van der Waals surface area contributed by atoms with Crippen LogP contribution in [-0.4, -0.2) is 23.5 Å². The van der Waals surface area contributed by atoms with Gasteiger partial charge in [0.25, 0.3) is 0 Å². The number of piperidine rings is 1. The topological polar surface area (TPSA) is 66.4 Å². The fourth-order valence-corrected chi connectivity index (χ4v) is 2.39. The molecule has 1 heterocycles. The number of aryl methyl sites for hydroxylation is 1. The predicted molar refractivity (Wildman–Crippen MR) is 67.3 cm³/mol. The molecular formula is C14H17NO3. The Balaban J connectivity index is 2.25. The summed E-state index contributed by atoms with van der Waals surface area (Å²) in [7, 11) is 0. The van der Waals surface area contributed by atoms with Crippen molar-refractivity contribution in [3.05, 3.63) is 35.4 Å². The Morgan fingerprint density at radius 3 is 2.61 bits per heavy atom. The van der Waals surface area contributed by atoms with Gasteiger partial charge in [0.1, 0.15) is 0 Å². The lowest BCUT2D eigenvalue weighted by atomic mass is 9.80. The van der Waals surface area contributed by atoms with E-state index in [1.54, 1.807) is 0 Å². The number of amides is 1. The summed E-state index contributed by atoms with van der Waals surface area (Å²) in [5.74, 6) is -1.67. The third kappa shape index (κ3) is 2.53. The lowest BCUT2D eigenvalue weighted by Gasteiger charge is -2.29. The highest BCUT2D eigenvalue weighted by molar-refractivity contribution is 5.82. The maximum Gasteiger partial charge on any atom is 0.308 e. The molecule has 1 saturated heterocycles. The van der Waals surface area contributed by atoms with E-state index >= 15 is 0 Å².